The van der Waals surface area contributed by atoms with Crippen LogP contribution >= 0.6 is 0 Å². The molecule has 0 bridgehead atoms. The number of methoxy groups -OCH3 is 1. The van der Waals surface area contributed by atoms with Crippen LogP contribution in [0, 0.1) is 0 Å². The van der Waals surface area contributed by atoms with Crippen molar-refractivity contribution in [2.45, 2.75) is 25.8 Å². The van der Waals surface area contributed by atoms with Gasteiger partial charge in [0.1, 0.15) is 5.76 Å². The second-order valence-corrected chi connectivity index (χ2v) is 4.48. The van der Waals surface area contributed by atoms with E-state index in [4.69, 9.17) is 4.74 Å². The Morgan fingerprint density at radius 2 is 2.06 bits per heavy atom. The number of carbonyl (C=O) groups excluding carboxylic acids is 1. The van der Waals surface area contributed by atoms with Gasteiger partial charge in [0.25, 0.3) is 0 Å². The number of amides is 1. The molecular formula is C15H19NO2. The Hall–Kier alpha value is -1.77. The fraction of sp³-hybridized carbons (Fsp3) is 0.400. The van der Waals surface area contributed by atoms with Gasteiger partial charge in [0.15, 0.2) is 0 Å². The van der Waals surface area contributed by atoms with Crippen molar-refractivity contribution in [1.82, 2.24) is 4.90 Å². The quantitative estimate of drug-likeness (QED) is 0.816. The van der Waals surface area contributed by atoms with Crippen LogP contribution in [0.3, 0.4) is 0 Å². The van der Waals surface area contributed by atoms with E-state index in [9.17, 15) is 4.79 Å². The lowest BCUT2D eigenvalue weighted by Gasteiger charge is -2.34. The van der Waals surface area contributed by atoms with E-state index >= 15 is 0 Å². The van der Waals surface area contributed by atoms with E-state index in [1.165, 1.54) is 5.56 Å². The molecule has 3 nitrogen and oxygen atoms in total. The third-order valence-corrected chi connectivity index (χ3v) is 3.25. The van der Waals surface area contributed by atoms with Gasteiger partial charge in [-0.2, -0.15) is 0 Å². The number of hydrogen-bond acceptors (Lipinski definition) is 2. The summed E-state index contributed by atoms with van der Waals surface area (Å²) in [6.45, 7) is 2.87. The highest BCUT2D eigenvalue weighted by atomic mass is 16.5. The molecule has 1 aliphatic rings. The summed E-state index contributed by atoms with van der Waals surface area (Å²) in [5, 5.41) is 0. The van der Waals surface area contributed by atoms with Crippen molar-refractivity contribution >= 4 is 5.91 Å². The van der Waals surface area contributed by atoms with Crippen LogP contribution in [0.25, 0.3) is 0 Å². The third kappa shape index (κ3) is 2.55. The molecule has 1 atom stereocenters. The predicted octanol–water partition coefficient (Wildman–Crippen LogP) is 2.90. The van der Waals surface area contributed by atoms with Crippen LogP contribution in [0.4, 0.5) is 0 Å². The minimum Gasteiger partial charge on any atom is -0.501 e. The smallest absolute Gasteiger partial charge is 0.250 e. The van der Waals surface area contributed by atoms with Gasteiger partial charge in [-0.15, -0.1) is 0 Å². The molecule has 0 radical (unpaired) electrons. The van der Waals surface area contributed by atoms with Crippen LogP contribution in [0.15, 0.2) is 42.2 Å². The summed E-state index contributed by atoms with van der Waals surface area (Å²) in [4.78, 5) is 14.0. The Bertz CT molecular complexity index is 439. The number of hydrogen-bond donors (Lipinski definition) is 0. The average Bonchev–Trinajstić information content (AvgIpc) is 2.42. The SMILES string of the molecule is CCCN1C(=O)C=C(OC)CC1c1ccccc1. The van der Waals surface area contributed by atoms with Gasteiger partial charge in [-0.1, -0.05) is 37.3 Å². The summed E-state index contributed by atoms with van der Waals surface area (Å²) in [7, 11) is 1.62. The molecule has 1 unspecified atom stereocenters. The van der Waals surface area contributed by atoms with E-state index < -0.39 is 0 Å². The number of ether oxygens (including phenoxy) is 1. The minimum atomic E-state index is 0.0498. The summed E-state index contributed by atoms with van der Waals surface area (Å²) in [6, 6.07) is 10.2. The molecule has 1 heterocycles. The van der Waals surface area contributed by atoms with E-state index in [1.54, 1.807) is 13.2 Å². The first kappa shape index (κ1) is 12.7. The Labute approximate surface area is 108 Å². The Kier molecular flexibility index (Phi) is 4.03. The largest absolute Gasteiger partial charge is 0.501 e. The normalized spacial score (nSPS) is 19.7. The van der Waals surface area contributed by atoms with Crippen LogP contribution in [0.1, 0.15) is 31.4 Å². The highest BCUT2D eigenvalue weighted by Crippen LogP contribution is 2.32. The fourth-order valence-corrected chi connectivity index (χ4v) is 2.36. The molecule has 0 aliphatic carbocycles. The molecule has 0 spiro atoms. The van der Waals surface area contributed by atoms with Gasteiger partial charge in [-0.3, -0.25) is 4.79 Å². The average molecular weight is 245 g/mol. The molecule has 1 amide bonds. The predicted molar refractivity (Wildman–Crippen MR) is 70.9 cm³/mol. The molecule has 0 saturated heterocycles. The number of carbonyl (C=O) groups is 1. The van der Waals surface area contributed by atoms with Gasteiger partial charge in [0.2, 0.25) is 5.91 Å². The summed E-state index contributed by atoms with van der Waals surface area (Å²) in [6.07, 6.45) is 3.33. The molecule has 1 aromatic carbocycles. The molecule has 0 saturated carbocycles. The van der Waals surface area contributed by atoms with Crippen molar-refractivity contribution in [1.29, 1.82) is 0 Å². The maximum absolute atomic E-state index is 12.1. The lowest BCUT2D eigenvalue weighted by atomic mass is 9.97. The van der Waals surface area contributed by atoms with Crippen LogP contribution in [0.5, 0.6) is 0 Å². The Morgan fingerprint density at radius 3 is 2.67 bits per heavy atom. The van der Waals surface area contributed by atoms with Gasteiger partial charge in [0.05, 0.1) is 13.2 Å². The van der Waals surface area contributed by atoms with Gasteiger partial charge < -0.3 is 9.64 Å². The lowest BCUT2D eigenvalue weighted by molar-refractivity contribution is -0.130. The molecule has 1 aromatic rings. The van der Waals surface area contributed by atoms with E-state index in [-0.39, 0.29) is 11.9 Å². The lowest BCUT2D eigenvalue weighted by Crippen LogP contribution is -2.37. The number of nitrogens with zero attached hydrogens (tertiary/aromatic N) is 1. The standard InChI is InChI=1S/C15H19NO2/c1-3-9-16-14(12-7-5-4-6-8-12)10-13(18-2)11-15(16)17/h4-8,11,14H,3,9-10H2,1-2H3. The van der Waals surface area contributed by atoms with Crippen LogP contribution < -0.4 is 0 Å². The van der Waals surface area contributed by atoms with Gasteiger partial charge in [0, 0.05) is 19.0 Å². The molecular weight excluding hydrogens is 226 g/mol. The molecule has 0 N–H and O–H groups in total. The van der Waals surface area contributed by atoms with Crippen LogP contribution in [0.2, 0.25) is 0 Å². The first-order valence-corrected chi connectivity index (χ1v) is 6.36. The third-order valence-electron chi connectivity index (χ3n) is 3.25. The van der Waals surface area contributed by atoms with E-state index in [0.717, 1.165) is 25.1 Å². The monoisotopic (exact) mass is 245 g/mol. The number of benzene rings is 1. The van der Waals surface area contributed by atoms with Gasteiger partial charge >= 0.3 is 0 Å². The van der Waals surface area contributed by atoms with Gasteiger partial charge in [-0.25, -0.2) is 0 Å². The second-order valence-electron chi connectivity index (χ2n) is 4.48. The Morgan fingerprint density at radius 1 is 1.33 bits per heavy atom. The maximum atomic E-state index is 12.1. The highest BCUT2D eigenvalue weighted by Gasteiger charge is 2.29. The summed E-state index contributed by atoms with van der Waals surface area (Å²) in [5.74, 6) is 0.815. The maximum Gasteiger partial charge on any atom is 0.250 e. The first-order chi connectivity index (χ1) is 8.76. The first-order valence-electron chi connectivity index (χ1n) is 6.36. The van der Waals surface area contributed by atoms with Crippen LogP contribution in [-0.2, 0) is 9.53 Å². The van der Waals surface area contributed by atoms with Crippen molar-refractivity contribution in [3.05, 3.63) is 47.7 Å². The van der Waals surface area contributed by atoms with E-state index in [2.05, 4.69) is 19.1 Å². The minimum absolute atomic E-state index is 0.0498. The summed E-state index contributed by atoms with van der Waals surface area (Å²) in [5.41, 5.74) is 1.17. The summed E-state index contributed by atoms with van der Waals surface area (Å²) >= 11 is 0. The van der Waals surface area contributed by atoms with Crippen molar-refractivity contribution < 1.29 is 9.53 Å². The summed E-state index contributed by atoms with van der Waals surface area (Å²) < 4.78 is 5.25. The molecule has 18 heavy (non-hydrogen) atoms. The fourth-order valence-electron chi connectivity index (χ4n) is 2.36. The van der Waals surface area contributed by atoms with Crippen LogP contribution in [-0.4, -0.2) is 24.5 Å². The Balaban J connectivity index is 2.31. The molecule has 0 aromatic heterocycles. The highest BCUT2D eigenvalue weighted by molar-refractivity contribution is 5.89. The zero-order valence-electron chi connectivity index (χ0n) is 10.9. The molecule has 2 rings (SSSR count). The molecule has 3 heteroatoms. The van der Waals surface area contributed by atoms with Crippen molar-refractivity contribution in [2.24, 2.45) is 0 Å². The zero-order valence-corrected chi connectivity index (χ0v) is 10.9. The topological polar surface area (TPSA) is 29.5 Å². The van der Waals surface area contributed by atoms with Crippen molar-refractivity contribution in [2.75, 3.05) is 13.7 Å². The van der Waals surface area contributed by atoms with E-state index in [1.807, 2.05) is 23.1 Å². The molecule has 96 valence electrons. The van der Waals surface area contributed by atoms with Crippen molar-refractivity contribution in [3.63, 3.8) is 0 Å². The molecule has 1 aliphatic heterocycles. The zero-order chi connectivity index (χ0) is 13.0. The second kappa shape index (κ2) is 5.71. The molecule has 0 fully saturated rings. The van der Waals surface area contributed by atoms with Crippen molar-refractivity contribution in [3.8, 4) is 0 Å². The number of rotatable bonds is 4. The van der Waals surface area contributed by atoms with Gasteiger partial charge in [-0.05, 0) is 12.0 Å². The van der Waals surface area contributed by atoms with E-state index in [0.29, 0.717) is 0 Å².